The van der Waals surface area contributed by atoms with Crippen molar-refractivity contribution in [1.29, 1.82) is 0 Å². The monoisotopic (exact) mass is 188 g/mol. The molecule has 0 fully saturated rings. The highest BCUT2D eigenvalue weighted by atomic mass is 35.5. The van der Waals surface area contributed by atoms with Crippen molar-refractivity contribution in [1.82, 2.24) is 0 Å². The molecule has 0 radical (unpaired) electrons. The van der Waals surface area contributed by atoms with E-state index in [-0.39, 0.29) is 9.74 Å². The second-order valence-electron chi connectivity index (χ2n) is 1.70. The SMILES string of the molecule is CC(C)SC(F)=C(Cl)Cl. The van der Waals surface area contributed by atoms with Gasteiger partial charge < -0.3 is 0 Å². The van der Waals surface area contributed by atoms with Crippen LogP contribution in [0, 0.1) is 0 Å². The van der Waals surface area contributed by atoms with Crippen LogP contribution in [0.25, 0.3) is 0 Å². The predicted molar refractivity (Wildman–Crippen MR) is 42.6 cm³/mol. The highest BCUT2D eigenvalue weighted by Gasteiger charge is 2.03. The molecule has 9 heavy (non-hydrogen) atoms. The molecule has 0 spiro atoms. The fourth-order valence-electron chi connectivity index (χ4n) is 0.251. The number of hydrogen-bond acceptors (Lipinski definition) is 1. The van der Waals surface area contributed by atoms with Crippen molar-refractivity contribution in [2.75, 3.05) is 0 Å². The summed E-state index contributed by atoms with van der Waals surface area (Å²) in [5, 5.41) is -0.328. The van der Waals surface area contributed by atoms with Crippen LogP contribution in [0.4, 0.5) is 4.39 Å². The molecule has 0 saturated heterocycles. The van der Waals surface area contributed by atoms with Gasteiger partial charge in [-0.1, -0.05) is 48.8 Å². The standard InChI is InChI=1S/C5H7Cl2FS/c1-3(2)9-5(8)4(6)7/h3H,1-2H3. The van der Waals surface area contributed by atoms with Crippen LogP contribution >= 0.6 is 35.0 Å². The van der Waals surface area contributed by atoms with E-state index in [1.54, 1.807) is 0 Å². The van der Waals surface area contributed by atoms with Crippen molar-refractivity contribution in [2.45, 2.75) is 19.1 Å². The van der Waals surface area contributed by atoms with Gasteiger partial charge >= 0.3 is 0 Å². The van der Waals surface area contributed by atoms with E-state index < -0.39 is 5.16 Å². The van der Waals surface area contributed by atoms with Gasteiger partial charge in [-0.2, -0.15) is 4.39 Å². The lowest BCUT2D eigenvalue weighted by Gasteiger charge is -1.99. The van der Waals surface area contributed by atoms with E-state index in [9.17, 15) is 4.39 Å². The molecule has 0 amide bonds. The van der Waals surface area contributed by atoms with Crippen molar-refractivity contribution in [3.63, 3.8) is 0 Å². The lowest BCUT2D eigenvalue weighted by molar-refractivity contribution is 0.698. The highest BCUT2D eigenvalue weighted by Crippen LogP contribution is 2.29. The Kier molecular flexibility index (Phi) is 4.72. The van der Waals surface area contributed by atoms with Gasteiger partial charge in [0.2, 0.25) is 0 Å². The summed E-state index contributed by atoms with van der Waals surface area (Å²) in [4.78, 5) is 0. The number of hydrogen-bond donors (Lipinski definition) is 0. The molecular formula is C5H7Cl2FS. The number of thioether (sulfide) groups is 1. The molecule has 0 heterocycles. The molecule has 0 aliphatic rings. The van der Waals surface area contributed by atoms with Gasteiger partial charge in [-0.25, -0.2) is 0 Å². The van der Waals surface area contributed by atoms with E-state index in [1.807, 2.05) is 13.8 Å². The van der Waals surface area contributed by atoms with Crippen molar-refractivity contribution in [3.8, 4) is 0 Å². The highest BCUT2D eigenvalue weighted by molar-refractivity contribution is 8.03. The van der Waals surface area contributed by atoms with E-state index in [2.05, 4.69) is 0 Å². The van der Waals surface area contributed by atoms with Gasteiger partial charge in [-0.3, -0.25) is 0 Å². The molecule has 0 N–H and O–H groups in total. The number of rotatable bonds is 2. The van der Waals surface area contributed by atoms with Crippen LogP contribution in [-0.2, 0) is 0 Å². The Hall–Kier alpha value is 0.600. The zero-order chi connectivity index (χ0) is 7.44. The molecule has 0 saturated carbocycles. The summed E-state index contributed by atoms with van der Waals surface area (Å²) in [6, 6.07) is 0. The topological polar surface area (TPSA) is 0 Å². The van der Waals surface area contributed by atoms with Crippen LogP contribution in [-0.4, -0.2) is 5.25 Å². The normalized spacial score (nSPS) is 10.0. The smallest absolute Gasteiger partial charge is 0.186 e. The van der Waals surface area contributed by atoms with Gasteiger partial charge in [-0.15, -0.1) is 0 Å². The minimum atomic E-state index is -0.506. The Bertz CT molecular complexity index is 118. The van der Waals surface area contributed by atoms with Crippen LogP contribution in [0.15, 0.2) is 9.65 Å². The Labute approximate surface area is 68.4 Å². The van der Waals surface area contributed by atoms with Gasteiger partial charge in [0.15, 0.2) is 5.16 Å². The van der Waals surface area contributed by atoms with Gasteiger partial charge in [0.1, 0.15) is 4.49 Å². The minimum Gasteiger partial charge on any atom is -0.197 e. The molecule has 0 bridgehead atoms. The molecule has 54 valence electrons. The average molecular weight is 189 g/mol. The van der Waals surface area contributed by atoms with E-state index in [4.69, 9.17) is 23.2 Å². The fourth-order valence-corrected chi connectivity index (χ4v) is 1.02. The summed E-state index contributed by atoms with van der Waals surface area (Å²) < 4.78 is 12.1. The van der Waals surface area contributed by atoms with Gasteiger partial charge in [0.25, 0.3) is 0 Å². The molecule has 4 heteroatoms. The van der Waals surface area contributed by atoms with Crippen LogP contribution in [0.1, 0.15) is 13.8 Å². The minimum absolute atomic E-state index is 0.178. The van der Waals surface area contributed by atoms with E-state index in [0.717, 1.165) is 11.8 Å². The Morgan fingerprint density at radius 1 is 1.44 bits per heavy atom. The molecule has 0 aromatic carbocycles. The first-order valence-electron chi connectivity index (χ1n) is 2.41. The summed E-state index contributed by atoms with van der Waals surface area (Å²) in [5.41, 5.74) is 0. The van der Waals surface area contributed by atoms with Crippen LogP contribution < -0.4 is 0 Å². The van der Waals surface area contributed by atoms with Crippen LogP contribution in [0.5, 0.6) is 0 Å². The maximum Gasteiger partial charge on any atom is 0.186 e. The zero-order valence-corrected chi connectivity index (χ0v) is 7.45. The largest absolute Gasteiger partial charge is 0.197 e. The van der Waals surface area contributed by atoms with Crippen molar-refractivity contribution in [3.05, 3.63) is 9.65 Å². The second-order valence-corrected chi connectivity index (χ2v) is 4.19. The molecule has 0 aliphatic carbocycles. The van der Waals surface area contributed by atoms with E-state index >= 15 is 0 Å². The summed E-state index contributed by atoms with van der Waals surface area (Å²) in [7, 11) is 0. The van der Waals surface area contributed by atoms with Gasteiger partial charge in [-0.05, 0) is 0 Å². The lowest BCUT2D eigenvalue weighted by Crippen LogP contribution is -1.84. The quantitative estimate of drug-likeness (QED) is 0.638. The van der Waals surface area contributed by atoms with Gasteiger partial charge in [0.05, 0.1) is 0 Å². The van der Waals surface area contributed by atoms with Crippen LogP contribution in [0.3, 0.4) is 0 Å². The third kappa shape index (κ3) is 5.07. The molecule has 0 aromatic rings. The molecule has 0 atom stereocenters. The van der Waals surface area contributed by atoms with Crippen molar-refractivity contribution < 1.29 is 4.39 Å². The summed E-state index contributed by atoms with van der Waals surface area (Å²) in [6.07, 6.45) is 0. The Balaban J connectivity index is 3.77. The molecule has 0 aliphatic heterocycles. The lowest BCUT2D eigenvalue weighted by atomic mass is 10.6. The molecule has 0 rings (SSSR count). The first-order valence-corrected chi connectivity index (χ1v) is 4.05. The average Bonchev–Trinajstić information content (AvgIpc) is 1.63. The Morgan fingerprint density at radius 2 is 1.89 bits per heavy atom. The first kappa shape index (κ1) is 9.60. The summed E-state index contributed by atoms with van der Waals surface area (Å²) >= 11 is 11.3. The summed E-state index contributed by atoms with van der Waals surface area (Å²) in [6.45, 7) is 3.72. The van der Waals surface area contributed by atoms with Gasteiger partial charge in [0, 0.05) is 5.25 Å². The molecule has 0 unspecified atom stereocenters. The van der Waals surface area contributed by atoms with Crippen LogP contribution in [0.2, 0.25) is 0 Å². The van der Waals surface area contributed by atoms with E-state index in [0.29, 0.717) is 0 Å². The van der Waals surface area contributed by atoms with Crippen molar-refractivity contribution >= 4 is 35.0 Å². The van der Waals surface area contributed by atoms with E-state index in [1.165, 1.54) is 0 Å². The molecule has 0 nitrogen and oxygen atoms in total. The second kappa shape index (κ2) is 4.42. The third-order valence-corrected chi connectivity index (χ3v) is 1.93. The number of halogens is 3. The molecular weight excluding hydrogens is 182 g/mol. The maximum absolute atomic E-state index is 12.4. The third-order valence-electron chi connectivity index (χ3n) is 0.488. The predicted octanol–water partition coefficient (Wildman–Crippen LogP) is 3.70. The summed E-state index contributed by atoms with van der Waals surface area (Å²) in [5.74, 6) is 0. The van der Waals surface area contributed by atoms with Crippen molar-refractivity contribution in [2.24, 2.45) is 0 Å². The maximum atomic E-state index is 12.4. The molecule has 0 aromatic heterocycles. The first-order chi connectivity index (χ1) is 4.04. The zero-order valence-electron chi connectivity index (χ0n) is 5.12. The Morgan fingerprint density at radius 3 is 2.00 bits per heavy atom. The fraction of sp³-hybridized carbons (Fsp3) is 0.600.